The van der Waals surface area contributed by atoms with Gasteiger partial charge in [-0.3, -0.25) is 10.1 Å². The van der Waals surface area contributed by atoms with Gasteiger partial charge in [-0.05, 0) is 18.4 Å². The van der Waals surface area contributed by atoms with Gasteiger partial charge in [-0.25, -0.2) is 5.90 Å². The van der Waals surface area contributed by atoms with Gasteiger partial charge >= 0.3 is 0 Å². The minimum atomic E-state index is -0.400. The maximum absolute atomic E-state index is 10.5. The van der Waals surface area contributed by atoms with E-state index in [-0.39, 0.29) is 11.1 Å². The Morgan fingerprint density at radius 3 is 2.40 bits per heavy atom. The third-order valence-corrected chi connectivity index (χ3v) is 2.90. The molecule has 0 heterocycles. The summed E-state index contributed by atoms with van der Waals surface area (Å²) in [7, 11) is 0. The SMILES string of the molecule is NOCC1(c2ccc([N+](=O)[O-])cc2)CC1. The van der Waals surface area contributed by atoms with E-state index in [0.717, 1.165) is 18.4 Å². The van der Waals surface area contributed by atoms with Gasteiger partial charge in [0, 0.05) is 17.5 Å². The third-order valence-electron chi connectivity index (χ3n) is 2.90. The van der Waals surface area contributed by atoms with E-state index in [2.05, 4.69) is 4.84 Å². The number of nitro groups is 1. The maximum Gasteiger partial charge on any atom is 0.269 e. The number of rotatable bonds is 4. The normalized spacial score (nSPS) is 17.4. The zero-order chi connectivity index (χ0) is 10.9. The van der Waals surface area contributed by atoms with Crippen molar-refractivity contribution in [3.05, 3.63) is 39.9 Å². The maximum atomic E-state index is 10.5. The van der Waals surface area contributed by atoms with Crippen LogP contribution in [0.5, 0.6) is 0 Å². The Bertz CT molecular complexity index is 371. The molecule has 0 aromatic heterocycles. The molecule has 0 saturated heterocycles. The van der Waals surface area contributed by atoms with Gasteiger partial charge in [-0.15, -0.1) is 0 Å². The lowest BCUT2D eigenvalue weighted by atomic mass is 9.97. The lowest BCUT2D eigenvalue weighted by molar-refractivity contribution is -0.384. The van der Waals surface area contributed by atoms with Crippen LogP contribution in [0.25, 0.3) is 0 Å². The highest BCUT2D eigenvalue weighted by atomic mass is 16.6. The minimum Gasteiger partial charge on any atom is -0.304 e. The van der Waals surface area contributed by atoms with E-state index in [1.54, 1.807) is 12.1 Å². The van der Waals surface area contributed by atoms with Crippen molar-refractivity contribution >= 4 is 5.69 Å². The van der Waals surface area contributed by atoms with Crippen molar-refractivity contribution < 1.29 is 9.76 Å². The summed E-state index contributed by atoms with van der Waals surface area (Å²) in [4.78, 5) is 14.7. The largest absolute Gasteiger partial charge is 0.304 e. The molecule has 1 aromatic rings. The molecule has 1 fully saturated rings. The molecule has 5 heteroatoms. The monoisotopic (exact) mass is 208 g/mol. The van der Waals surface area contributed by atoms with Crippen molar-refractivity contribution in [1.29, 1.82) is 0 Å². The van der Waals surface area contributed by atoms with E-state index >= 15 is 0 Å². The summed E-state index contributed by atoms with van der Waals surface area (Å²) in [6, 6.07) is 6.60. The van der Waals surface area contributed by atoms with Crippen LogP contribution in [0.1, 0.15) is 18.4 Å². The summed E-state index contributed by atoms with van der Waals surface area (Å²) in [6.07, 6.45) is 2.06. The van der Waals surface area contributed by atoms with Gasteiger partial charge in [0.15, 0.2) is 0 Å². The summed E-state index contributed by atoms with van der Waals surface area (Å²) < 4.78 is 0. The lowest BCUT2D eigenvalue weighted by Gasteiger charge is -2.13. The third kappa shape index (κ3) is 1.84. The van der Waals surface area contributed by atoms with Gasteiger partial charge < -0.3 is 4.84 Å². The molecule has 15 heavy (non-hydrogen) atoms. The summed E-state index contributed by atoms with van der Waals surface area (Å²) in [5, 5.41) is 10.5. The Labute approximate surface area is 86.9 Å². The molecule has 0 atom stereocenters. The van der Waals surface area contributed by atoms with Crippen LogP contribution in [0.15, 0.2) is 24.3 Å². The first-order valence-electron chi connectivity index (χ1n) is 4.75. The fourth-order valence-corrected chi connectivity index (χ4v) is 1.76. The fraction of sp³-hybridized carbons (Fsp3) is 0.400. The molecule has 1 aliphatic carbocycles. The zero-order valence-corrected chi connectivity index (χ0v) is 8.18. The van der Waals surface area contributed by atoms with Gasteiger partial charge in [-0.1, -0.05) is 12.1 Å². The molecule has 0 aliphatic heterocycles. The second-order valence-electron chi connectivity index (χ2n) is 3.90. The molecular weight excluding hydrogens is 196 g/mol. The highest BCUT2D eigenvalue weighted by Gasteiger charge is 2.44. The van der Waals surface area contributed by atoms with Crippen LogP contribution >= 0.6 is 0 Å². The second-order valence-corrected chi connectivity index (χ2v) is 3.90. The smallest absolute Gasteiger partial charge is 0.269 e. The molecule has 2 rings (SSSR count). The summed E-state index contributed by atoms with van der Waals surface area (Å²) in [6.45, 7) is 0.477. The molecule has 0 bridgehead atoms. The molecule has 0 radical (unpaired) electrons. The van der Waals surface area contributed by atoms with Crippen LogP contribution in [0.2, 0.25) is 0 Å². The standard InChI is InChI=1S/C10H12N2O3/c11-15-7-10(5-6-10)8-1-3-9(4-2-8)12(13)14/h1-4H,5-7,11H2. The molecule has 1 saturated carbocycles. The van der Waals surface area contributed by atoms with Gasteiger partial charge in [0.25, 0.3) is 5.69 Å². The molecule has 80 valence electrons. The quantitative estimate of drug-likeness (QED) is 0.601. The average molecular weight is 208 g/mol. The highest BCUT2D eigenvalue weighted by Crippen LogP contribution is 2.48. The van der Waals surface area contributed by atoms with Crippen molar-refractivity contribution in [2.75, 3.05) is 6.61 Å². The lowest BCUT2D eigenvalue weighted by Crippen LogP contribution is -2.17. The van der Waals surface area contributed by atoms with E-state index in [9.17, 15) is 10.1 Å². The number of hydrogen-bond donors (Lipinski definition) is 1. The summed E-state index contributed by atoms with van der Waals surface area (Å²) in [5.74, 6) is 5.06. The number of benzene rings is 1. The number of non-ortho nitro benzene ring substituents is 1. The van der Waals surface area contributed by atoms with E-state index in [1.807, 2.05) is 0 Å². The number of nitro benzene ring substituents is 1. The van der Waals surface area contributed by atoms with E-state index in [0.29, 0.717) is 6.61 Å². The van der Waals surface area contributed by atoms with Crippen LogP contribution in [-0.4, -0.2) is 11.5 Å². The zero-order valence-electron chi connectivity index (χ0n) is 8.18. The Hall–Kier alpha value is -1.46. The van der Waals surface area contributed by atoms with Crippen LogP contribution in [-0.2, 0) is 10.3 Å². The van der Waals surface area contributed by atoms with E-state index in [1.165, 1.54) is 12.1 Å². The molecule has 5 nitrogen and oxygen atoms in total. The fourth-order valence-electron chi connectivity index (χ4n) is 1.76. The average Bonchev–Trinajstić information content (AvgIpc) is 3.00. The number of nitrogens with zero attached hydrogens (tertiary/aromatic N) is 1. The predicted molar refractivity (Wildman–Crippen MR) is 54.1 cm³/mol. The first-order valence-corrected chi connectivity index (χ1v) is 4.75. The minimum absolute atomic E-state index is 0.00385. The van der Waals surface area contributed by atoms with Crippen molar-refractivity contribution in [2.24, 2.45) is 5.90 Å². The first kappa shape index (κ1) is 10.1. The van der Waals surface area contributed by atoms with Gasteiger partial charge in [0.1, 0.15) is 0 Å². The Kier molecular flexibility index (Phi) is 2.42. The van der Waals surface area contributed by atoms with Crippen LogP contribution in [0.3, 0.4) is 0 Å². The van der Waals surface area contributed by atoms with Crippen molar-refractivity contribution in [1.82, 2.24) is 0 Å². The Morgan fingerprint density at radius 2 is 2.00 bits per heavy atom. The molecule has 1 aliphatic rings. The van der Waals surface area contributed by atoms with Gasteiger partial charge in [0.2, 0.25) is 0 Å². The van der Waals surface area contributed by atoms with E-state index < -0.39 is 4.92 Å². The first-order chi connectivity index (χ1) is 7.18. The van der Waals surface area contributed by atoms with Crippen molar-refractivity contribution in [3.63, 3.8) is 0 Å². The summed E-state index contributed by atoms with van der Waals surface area (Å²) in [5.41, 5.74) is 1.19. The Balaban J connectivity index is 2.20. The topological polar surface area (TPSA) is 78.4 Å². The molecule has 0 spiro atoms. The van der Waals surface area contributed by atoms with E-state index in [4.69, 9.17) is 5.90 Å². The second kappa shape index (κ2) is 3.60. The molecule has 0 amide bonds. The number of hydrogen-bond acceptors (Lipinski definition) is 4. The van der Waals surface area contributed by atoms with Crippen LogP contribution < -0.4 is 5.90 Å². The molecule has 0 unspecified atom stereocenters. The Morgan fingerprint density at radius 1 is 1.40 bits per heavy atom. The molecular formula is C10H12N2O3. The number of nitrogens with two attached hydrogens (primary N) is 1. The summed E-state index contributed by atoms with van der Waals surface area (Å²) >= 11 is 0. The van der Waals surface area contributed by atoms with Crippen LogP contribution in [0.4, 0.5) is 5.69 Å². The van der Waals surface area contributed by atoms with Crippen molar-refractivity contribution in [2.45, 2.75) is 18.3 Å². The van der Waals surface area contributed by atoms with Gasteiger partial charge in [0.05, 0.1) is 11.5 Å². The van der Waals surface area contributed by atoms with Crippen molar-refractivity contribution in [3.8, 4) is 0 Å². The van der Waals surface area contributed by atoms with Gasteiger partial charge in [-0.2, -0.15) is 0 Å². The predicted octanol–water partition coefficient (Wildman–Crippen LogP) is 1.52. The molecule has 2 N–H and O–H groups in total. The van der Waals surface area contributed by atoms with Crippen LogP contribution in [0, 0.1) is 10.1 Å². The highest BCUT2D eigenvalue weighted by molar-refractivity contribution is 5.39. The molecule has 1 aromatic carbocycles.